The van der Waals surface area contributed by atoms with Crippen LogP contribution in [0.15, 0.2) is 4.99 Å². The largest absolute Gasteiger partial charge is 0.379 e. The molecule has 1 fully saturated rings. The molecule has 2 N–H and O–H groups in total. The van der Waals surface area contributed by atoms with Crippen LogP contribution >= 0.6 is 11.3 Å². The van der Waals surface area contributed by atoms with Crippen LogP contribution in [-0.4, -0.2) is 61.8 Å². The van der Waals surface area contributed by atoms with Crippen LogP contribution in [0.2, 0.25) is 0 Å². The van der Waals surface area contributed by atoms with E-state index >= 15 is 0 Å². The van der Waals surface area contributed by atoms with Crippen molar-refractivity contribution in [2.45, 2.75) is 40.3 Å². The van der Waals surface area contributed by atoms with Crippen molar-refractivity contribution in [1.82, 2.24) is 20.5 Å². The minimum Gasteiger partial charge on any atom is -0.379 e. The Morgan fingerprint density at radius 1 is 1.29 bits per heavy atom. The molecule has 0 bridgehead atoms. The van der Waals surface area contributed by atoms with Crippen LogP contribution in [0, 0.1) is 19.8 Å². The number of aryl methyl sites for hydroxylation is 2. The summed E-state index contributed by atoms with van der Waals surface area (Å²) in [5.74, 6) is 1.43. The number of aliphatic imine (C=N–C) groups is 1. The van der Waals surface area contributed by atoms with E-state index < -0.39 is 0 Å². The summed E-state index contributed by atoms with van der Waals surface area (Å²) in [4.78, 5) is 12.6. The molecule has 136 valence electrons. The standard InChI is InChI=1S/C17H31N5OS/c1-12(2)15(22-6-8-23-9-7-22)10-19-17(18-5)20-11-16-13(3)21-14(4)24-16/h12,15H,6-11H2,1-5H3,(H2,18,19,20). The molecule has 6 nitrogen and oxygen atoms in total. The average molecular weight is 354 g/mol. The first kappa shape index (κ1) is 19.1. The molecular formula is C17H31N5OS. The Balaban J connectivity index is 1.85. The number of ether oxygens (including phenoxy) is 1. The van der Waals surface area contributed by atoms with Crippen LogP contribution < -0.4 is 10.6 Å². The Morgan fingerprint density at radius 3 is 2.54 bits per heavy atom. The summed E-state index contributed by atoms with van der Waals surface area (Å²) in [6.07, 6.45) is 0. The van der Waals surface area contributed by atoms with E-state index in [1.54, 1.807) is 11.3 Å². The summed E-state index contributed by atoms with van der Waals surface area (Å²) >= 11 is 1.74. The summed E-state index contributed by atoms with van der Waals surface area (Å²) in [5, 5.41) is 8.00. The van der Waals surface area contributed by atoms with E-state index in [0.717, 1.165) is 56.1 Å². The third-order valence-corrected chi connectivity index (χ3v) is 5.48. The molecule has 7 heteroatoms. The number of nitrogens with one attached hydrogen (secondary N) is 2. The van der Waals surface area contributed by atoms with Crippen molar-refractivity contribution in [3.8, 4) is 0 Å². The zero-order chi connectivity index (χ0) is 17.5. The SMILES string of the molecule is CN=C(NCc1sc(C)nc1C)NCC(C(C)C)N1CCOCC1. The van der Waals surface area contributed by atoms with E-state index in [1.807, 2.05) is 14.0 Å². The van der Waals surface area contributed by atoms with Gasteiger partial charge < -0.3 is 15.4 Å². The molecule has 0 radical (unpaired) electrons. The van der Waals surface area contributed by atoms with Gasteiger partial charge in [-0.3, -0.25) is 9.89 Å². The van der Waals surface area contributed by atoms with Crippen LogP contribution in [0.4, 0.5) is 0 Å². The Hall–Kier alpha value is -1.18. The van der Waals surface area contributed by atoms with E-state index in [1.165, 1.54) is 4.88 Å². The highest BCUT2D eigenvalue weighted by atomic mass is 32.1. The number of thiazole rings is 1. The molecule has 1 aromatic heterocycles. The third-order valence-electron chi connectivity index (χ3n) is 4.40. The van der Waals surface area contributed by atoms with Crippen LogP contribution in [0.25, 0.3) is 0 Å². The van der Waals surface area contributed by atoms with E-state index in [4.69, 9.17) is 4.74 Å². The molecule has 1 aliphatic heterocycles. The zero-order valence-electron chi connectivity index (χ0n) is 15.6. The second kappa shape index (κ2) is 9.34. The summed E-state index contributed by atoms with van der Waals surface area (Å²) in [6.45, 7) is 14.0. The Bertz CT molecular complexity index is 537. The van der Waals surface area contributed by atoms with E-state index in [-0.39, 0.29) is 0 Å². The number of hydrogen-bond acceptors (Lipinski definition) is 5. The molecule has 0 amide bonds. The highest BCUT2D eigenvalue weighted by Gasteiger charge is 2.23. The maximum absolute atomic E-state index is 5.47. The van der Waals surface area contributed by atoms with Gasteiger partial charge in [-0.25, -0.2) is 4.98 Å². The lowest BCUT2D eigenvalue weighted by Crippen LogP contribution is -2.52. The number of guanidine groups is 1. The van der Waals surface area contributed by atoms with Crippen molar-refractivity contribution in [2.75, 3.05) is 39.9 Å². The lowest BCUT2D eigenvalue weighted by molar-refractivity contribution is 0.00752. The summed E-state index contributed by atoms with van der Waals surface area (Å²) in [6, 6.07) is 0.486. The van der Waals surface area contributed by atoms with Gasteiger partial charge in [-0.15, -0.1) is 11.3 Å². The first-order chi connectivity index (χ1) is 11.5. The van der Waals surface area contributed by atoms with Gasteiger partial charge in [-0.05, 0) is 19.8 Å². The molecule has 1 unspecified atom stereocenters. The van der Waals surface area contributed by atoms with Gasteiger partial charge in [0, 0.05) is 37.6 Å². The van der Waals surface area contributed by atoms with Crippen LogP contribution in [0.1, 0.15) is 29.4 Å². The summed E-state index contributed by atoms with van der Waals surface area (Å²) < 4.78 is 5.47. The van der Waals surface area contributed by atoms with Gasteiger partial charge in [0.25, 0.3) is 0 Å². The number of hydrogen-bond donors (Lipinski definition) is 2. The monoisotopic (exact) mass is 353 g/mol. The molecule has 1 saturated heterocycles. The zero-order valence-corrected chi connectivity index (χ0v) is 16.4. The van der Waals surface area contributed by atoms with Gasteiger partial charge in [0.2, 0.25) is 0 Å². The van der Waals surface area contributed by atoms with Gasteiger partial charge >= 0.3 is 0 Å². The predicted octanol–water partition coefficient (Wildman–Crippen LogP) is 1.78. The number of aromatic nitrogens is 1. The fourth-order valence-corrected chi connectivity index (χ4v) is 3.90. The lowest BCUT2D eigenvalue weighted by Gasteiger charge is -2.37. The number of morpholine rings is 1. The maximum Gasteiger partial charge on any atom is 0.191 e. The molecule has 0 spiro atoms. The number of rotatable bonds is 6. The Labute approximate surface area is 149 Å². The van der Waals surface area contributed by atoms with Crippen molar-refractivity contribution in [1.29, 1.82) is 0 Å². The quantitative estimate of drug-likeness (QED) is 0.603. The van der Waals surface area contributed by atoms with Crippen LogP contribution in [0.3, 0.4) is 0 Å². The van der Waals surface area contributed by atoms with Crippen molar-refractivity contribution in [2.24, 2.45) is 10.9 Å². The first-order valence-corrected chi connectivity index (χ1v) is 9.52. The van der Waals surface area contributed by atoms with Crippen molar-refractivity contribution >= 4 is 17.3 Å². The van der Waals surface area contributed by atoms with Gasteiger partial charge in [0.05, 0.1) is 30.5 Å². The second-order valence-corrected chi connectivity index (χ2v) is 7.80. The molecule has 0 aromatic carbocycles. The molecule has 2 heterocycles. The summed E-state index contributed by atoms with van der Waals surface area (Å²) in [7, 11) is 1.82. The highest BCUT2D eigenvalue weighted by Crippen LogP contribution is 2.16. The fraction of sp³-hybridized carbons (Fsp3) is 0.765. The molecule has 1 atom stereocenters. The van der Waals surface area contributed by atoms with E-state index in [9.17, 15) is 0 Å². The van der Waals surface area contributed by atoms with E-state index in [0.29, 0.717) is 12.0 Å². The van der Waals surface area contributed by atoms with Gasteiger partial charge in [-0.2, -0.15) is 0 Å². The van der Waals surface area contributed by atoms with Crippen molar-refractivity contribution < 1.29 is 4.74 Å². The van der Waals surface area contributed by atoms with Crippen molar-refractivity contribution in [3.63, 3.8) is 0 Å². The second-order valence-electron chi connectivity index (χ2n) is 6.51. The van der Waals surface area contributed by atoms with Crippen molar-refractivity contribution in [3.05, 3.63) is 15.6 Å². The first-order valence-electron chi connectivity index (χ1n) is 8.70. The van der Waals surface area contributed by atoms with Crippen LogP contribution in [-0.2, 0) is 11.3 Å². The number of nitrogens with zero attached hydrogens (tertiary/aromatic N) is 3. The molecule has 2 rings (SSSR count). The Morgan fingerprint density at radius 2 is 2.00 bits per heavy atom. The van der Waals surface area contributed by atoms with Gasteiger partial charge in [0.15, 0.2) is 5.96 Å². The predicted molar refractivity (Wildman–Crippen MR) is 101 cm³/mol. The molecule has 1 aromatic rings. The molecule has 24 heavy (non-hydrogen) atoms. The van der Waals surface area contributed by atoms with Gasteiger partial charge in [0.1, 0.15) is 0 Å². The van der Waals surface area contributed by atoms with E-state index in [2.05, 4.69) is 46.3 Å². The lowest BCUT2D eigenvalue weighted by atomic mass is 10.0. The molecule has 1 aliphatic rings. The smallest absolute Gasteiger partial charge is 0.191 e. The summed E-state index contributed by atoms with van der Waals surface area (Å²) in [5.41, 5.74) is 1.11. The maximum atomic E-state index is 5.47. The molecular weight excluding hydrogens is 322 g/mol. The topological polar surface area (TPSA) is 61.8 Å². The van der Waals surface area contributed by atoms with Gasteiger partial charge in [-0.1, -0.05) is 13.8 Å². The minimum absolute atomic E-state index is 0.486. The third kappa shape index (κ3) is 5.43. The minimum atomic E-state index is 0.486. The molecule has 0 aliphatic carbocycles. The van der Waals surface area contributed by atoms with Crippen LogP contribution in [0.5, 0.6) is 0 Å². The molecule has 0 saturated carbocycles. The highest BCUT2D eigenvalue weighted by molar-refractivity contribution is 7.11. The average Bonchev–Trinajstić information content (AvgIpc) is 2.89. The Kier molecular flexibility index (Phi) is 7.45. The fourth-order valence-electron chi connectivity index (χ4n) is 3.02. The normalized spacial score (nSPS) is 18.0.